The Morgan fingerprint density at radius 2 is 1.83 bits per heavy atom. The lowest BCUT2D eigenvalue weighted by atomic mass is 9.89. The van der Waals surface area contributed by atoms with Crippen molar-refractivity contribution >= 4 is 11.7 Å². The van der Waals surface area contributed by atoms with Crippen molar-refractivity contribution in [3.63, 3.8) is 0 Å². The third kappa shape index (κ3) is 3.82. The van der Waals surface area contributed by atoms with Crippen molar-refractivity contribution in [1.29, 1.82) is 0 Å². The summed E-state index contributed by atoms with van der Waals surface area (Å²) in [5.41, 5.74) is 0.482. The van der Waals surface area contributed by atoms with Crippen molar-refractivity contribution in [2.75, 3.05) is 31.1 Å². The molecule has 3 heterocycles. The summed E-state index contributed by atoms with van der Waals surface area (Å²) >= 11 is 0. The van der Waals surface area contributed by atoms with Gasteiger partial charge in [-0.25, -0.2) is 0 Å². The van der Waals surface area contributed by atoms with Gasteiger partial charge in [0, 0.05) is 26.2 Å². The Morgan fingerprint density at radius 3 is 2.48 bits per heavy atom. The van der Waals surface area contributed by atoms with Crippen LogP contribution in [0.25, 0.3) is 0 Å². The van der Waals surface area contributed by atoms with Crippen LogP contribution in [0.5, 0.6) is 0 Å². The fourth-order valence-corrected chi connectivity index (χ4v) is 3.71. The van der Waals surface area contributed by atoms with Crippen molar-refractivity contribution in [2.24, 2.45) is 11.8 Å². The maximum atomic E-state index is 12.7. The van der Waals surface area contributed by atoms with Crippen molar-refractivity contribution in [2.45, 2.75) is 46.0 Å². The molecule has 0 saturated carbocycles. The van der Waals surface area contributed by atoms with E-state index in [0.717, 1.165) is 50.8 Å². The molecule has 1 unspecified atom stereocenters. The average Bonchev–Trinajstić information content (AvgIpc) is 2.98. The maximum Gasteiger partial charge on any atom is 0.274 e. The molecule has 2 aliphatic heterocycles. The summed E-state index contributed by atoms with van der Waals surface area (Å²) in [6.45, 7) is 8.35. The molecule has 126 valence electrons. The average molecular weight is 316 g/mol. The Labute approximate surface area is 139 Å². The molecule has 2 aliphatic rings. The topological polar surface area (TPSA) is 49.3 Å². The third-order valence-electron chi connectivity index (χ3n) is 5.30. The van der Waals surface area contributed by atoms with Gasteiger partial charge in [0.15, 0.2) is 11.5 Å². The van der Waals surface area contributed by atoms with Crippen LogP contribution in [0.1, 0.15) is 56.4 Å². The zero-order chi connectivity index (χ0) is 16.2. The van der Waals surface area contributed by atoms with Crippen LogP contribution in [0.3, 0.4) is 0 Å². The Kier molecular flexibility index (Phi) is 5.13. The van der Waals surface area contributed by atoms with Crippen molar-refractivity contribution < 1.29 is 4.79 Å². The van der Waals surface area contributed by atoms with Gasteiger partial charge in [-0.05, 0) is 56.1 Å². The standard InChI is InChI=1S/C18H28N4O/c1-14(2)15-6-5-12-22(13-9-15)18(23)16-7-8-17(20-19-16)21-10-3-4-11-21/h7-8,14-15H,3-6,9-13H2,1-2H3. The van der Waals surface area contributed by atoms with Crippen LogP contribution in [-0.2, 0) is 0 Å². The van der Waals surface area contributed by atoms with Crippen LogP contribution in [-0.4, -0.2) is 47.2 Å². The molecule has 1 aromatic rings. The molecule has 1 aromatic heterocycles. The van der Waals surface area contributed by atoms with Crippen LogP contribution < -0.4 is 4.90 Å². The SMILES string of the molecule is CC(C)C1CCCN(C(=O)c2ccc(N3CCCC3)nn2)CC1. The van der Waals surface area contributed by atoms with E-state index in [1.807, 2.05) is 17.0 Å². The minimum absolute atomic E-state index is 0.0369. The van der Waals surface area contributed by atoms with Gasteiger partial charge in [-0.1, -0.05) is 13.8 Å². The molecule has 1 amide bonds. The fourth-order valence-electron chi connectivity index (χ4n) is 3.71. The zero-order valence-electron chi connectivity index (χ0n) is 14.4. The molecule has 0 spiro atoms. The predicted octanol–water partition coefficient (Wildman–Crippen LogP) is 2.98. The number of aromatic nitrogens is 2. The monoisotopic (exact) mass is 316 g/mol. The molecular weight excluding hydrogens is 288 g/mol. The summed E-state index contributed by atoms with van der Waals surface area (Å²) < 4.78 is 0. The van der Waals surface area contributed by atoms with E-state index >= 15 is 0 Å². The molecule has 5 nitrogen and oxygen atoms in total. The van der Waals surface area contributed by atoms with Crippen LogP contribution >= 0.6 is 0 Å². The number of anilines is 1. The normalized spacial score (nSPS) is 22.5. The van der Waals surface area contributed by atoms with Crippen LogP contribution in [0.2, 0.25) is 0 Å². The quantitative estimate of drug-likeness (QED) is 0.860. The molecule has 23 heavy (non-hydrogen) atoms. The van der Waals surface area contributed by atoms with Gasteiger partial charge in [0.2, 0.25) is 0 Å². The Morgan fingerprint density at radius 1 is 1.04 bits per heavy atom. The lowest BCUT2D eigenvalue weighted by molar-refractivity contribution is 0.0751. The fraction of sp³-hybridized carbons (Fsp3) is 0.722. The molecule has 2 fully saturated rings. The van der Waals surface area contributed by atoms with Crippen molar-refractivity contribution in [3.05, 3.63) is 17.8 Å². The highest BCUT2D eigenvalue weighted by Gasteiger charge is 2.24. The van der Waals surface area contributed by atoms with Crippen molar-refractivity contribution in [3.8, 4) is 0 Å². The number of likely N-dealkylation sites (tertiary alicyclic amines) is 1. The number of amides is 1. The molecule has 5 heteroatoms. The van der Waals surface area contributed by atoms with E-state index in [0.29, 0.717) is 11.6 Å². The second-order valence-electron chi connectivity index (χ2n) is 7.20. The summed E-state index contributed by atoms with van der Waals surface area (Å²) in [7, 11) is 0. The van der Waals surface area contributed by atoms with E-state index in [4.69, 9.17) is 0 Å². The Balaban J connectivity index is 1.63. The first kappa shape index (κ1) is 16.2. The van der Waals surface area contributed by atoms with E-state index in [1.165, 1.54) is 19.3 Å². The minimum Gasteiger partial charge on any atom is -0.355 e. The van der Waals surface area contributed by atoms with Gasteiger partial charge < -0.3 is 9.80 Å². The van der Waals surface area contributed by atoms with E-state index in [1.54, 1.807) is 0 Å². The molecule has 3 rings (SSSR count). The minimum atomic E-state index is 0.0369. The first-order chi connectivity index (χ1) is 11.1. The Bertz CT molecular complexity index is 522. The molecule has 0 aliphatic carbocycles. The molecule has 2 saturated heterocycles. The lowest BCUT2D eigenvalue weighted by Crippen LogP contribution is -2.33. The Hall–Kier alpha value is -1.65. The number of carbonyl (C=O) groups excluding carboxylic acids is 1. The molecule has 0 aromatic carbocycles. The van der Waals surface area contributed by atoms with E-state index in [9.17, 15) is 4.79 Å². The van der Waals surface area contributed by atoms with E-state index in [2.05, 4.69) is 28.9 Å². The van der Waals surface area contributed by atoms with Crippen LogP contribution in [0, 0.1) is 11.8 Å². The molecule has 0 N–H and O–H groups in total. The number of hydrogen-bond acceptors (Lipinski definition) is 4. The number of rotatable bonds is 3. The smallest absolute Gasteiger partial charge is 0.274 e. The number of nitrogens with zero attached hydrogens (tertiary/aromatic N) is 4. The zero-order valence-corrected chi connectivity index (χ0v) is 14.4. The first-order valence-electron chi connectivity index (χ1n) is 9.03. The van der Waals surface area contributed by atoms with Crippen LogP contribution in [0.4, 0.5) is 5.82 Å². The first-order valence-corrected chi connectivity index (χ1v) is 9.03. The van der Waals surface area contributed by atoms with Gasteiger partial charge in [-0.15, -0.1) is 10.2 Å². The van der Waals surface area contributed by atoms with E-state index < -0.39 is 0 Å². The van der Waals surface area contributed by atoms with E-state index in [-0.39, 0.29) is 5.91 Å². The second-order valence-corrected chi connectivity index (χ2v) is 7.20. The predicted molar refractivity (Wildman–Crippen MR) is 91.6 cm³/mol. The second kappa shape index (κ2) is 7.28. The molecular formula is C18H28N4O. The molecule has 1 atom stereocenters. The van der Waals surface area contributed by atoms with Gasteiger partial charge in [-0.3, -0.25) is 4.79 Å². The molecule has 0 radical (unpaired) electrons. The number of hydrogen-bond donors (Lipinski definition) is 0. The highest BCUT2D eigenvalue weighted by Crippen LogP contribution is 2.25. The van der Waals surface area contributed by atoms with Crippen molar-refractivity contribution in [1.82, 2.24) is 15.1 Å². The largest absolute Gasteiger partial charge is 0.355 e. The van der Waals surface area contributed by atoms with Gasteiger partial charge in [0.1, 0.15) is 0 Å². The highest BCUT2D eigenvalue weighted by atomic mass is 16.2. The lowest BCUT2D eigenvalue weighted by Gasteiger charge is -2.21. The highest BCUT2D eigenvalue weighted by molar-refractivity contribution is 5.92. The summed E-state index contributed by atoms with van der Waals surface area (Å²) in [6.07, 6.45) is 5.85. The molecule has 0 bridgehead atoms. The summed E-state index contributed by atoms with van der Waals surface area (Å²) in [5.74, 6) is 2.37. The maximum absolute atomic E-state index is 12.7. The van der Waals surface area contributed by atoms with Gasteiger partial charge in [0.25, 0.3) is 5.91 Å². The van der Waals surface area contributed by atoms with Gasteiger partial charge in [-0.2, -0.15) is 0 Å². The summed E-state index contributed by atoms with van der Waals surface area (Å²) in [4.78, 5) is 16.9. The van der Waals surface area contributed by atoms with Gasteiger partial charge >= 0.3 is 0 Å². The van der Waals surface area contributed by atoms with Gasteiger partial charge in [0.05, 0.1) is 0 Å². The third-order valence-corrected chi connectivity index (χ3v) is 5.30. The van der Waals surface area contributed by atoms with Crippen LogP contribution in [0.15, 0.2) is 12.1 Å². The summed E-state index contributed by atoms with van der Waals surface area (Å²) in [6, 6.07) is 3.79. The summed E-state index contributed by atoms with van der Waals surface area (Å²) in [5, 5.41) is 8.47. The number of carbonyl (C=O) groups is 1.